The lowest BCUT2D eigenvalue weighted by Gasteiger charge is -2.45. The maximum absolute atomic E-state index is 13.6. The molecule has 6 rings (SSSR count). The van der Waals surface area contributed by atoms with Crippen molar-refractivity contribution in [3.05, 3.63) is 0 Å². The third-order valence-electron chi connectivity index (χ3n) is 9.71. The standard InChI is InChI=1S/C24H30O13/c1-3-4-5-11-8-12-22-14(27)15-23(31,10(2)17(28)35-15)24(22,19(30)34-12)37-20-21(11,22)16(18(29)36-20)33-7-6-32-9-13(25)26/h10-12,14-16,20,27,31H,3-9H2,1-2H3,(H,25,26)/t10?,11-,12?,14-,15?,16-,20-,21?,22?,23+,24-/m1/s1. The molecule has 5 unspecified atom stereocenters. The molecule has 2 spiro atoms. The molecular formula is C24H30O13. The first-order valence-electron chi connectivity index (χ1n) is 12.7. The van der Waals surface area contributed by atoms with Crippen molar-refractivity contribution in [3.63, 3.8) is 0 Å². The molecule has 6 aliphatic rings. The predicted octanol–water partition coefficient (Wildman–Crippen LogP) is -1.10. The van der Waals surface area contributed by atoms with Gasteiger partial charge in [0, 0.05) is 0 Å². The average Bonchev–Trinajstić information content (AvgIpc) is 3.55. The van der Waals surface area contributed by atoms with E-state index < -0.39 is 89.1 Å². The Morgan fingerprint density at radius 3 is 2.59 bits per heavy atom. The Morgan fingerprint density at radius 2 is 1.89 bits per heavy atom. The van der Waals surface area contributed by atoms with Gasteiger partial charge in [-0.2, -0.15) is 0 Å². The summed E-state index contributed by atoms with van der Waals surface area (Å²) in [7, 11) is 0. The first-order chi connectivity index (χ1) is 17.6. The average molecular weight is 526 g/mol. The molecule has 0 aromatic carbocycles. The Bertz CT molecular complexity index is 1060. The van der Waals surface area contributed by atoms with E-state index in [-0.39, 0.29) is 25.6 Å². The Labute approximate surface area is 211 Å². The molecule has 0 aromatic rings. The van der Waals surface area contributed by atoms with Crippen LogP contribution in [0.3, 0.4) is 0 Å². The second kappa shape index (κ2) is 7.85. The van der Waals surface area contributed by atoms with Crippen LogP contribution in [0.25, 0.3) is 0 Å². The molecule has 4 heterocycles. The van der Waals surface area contributed by atoms with Crippen molar-refractivity contribution in [1.29, 1.82) is 0 Å². The molecule has 4 aliphatic heterocycles. The maximum Gasteiger partial charge on any atom is 0.343 e. The smallest absolute Gasteiger partial charge is 0.343 e. The molecule has 4 saturated heterocycles. The molecule has 0 bridgehead atoms. The van der Waals surface area contributed by atoms with Gasteiger partial charge in [-0.15, -0.1) is 0 Å². The summed E-state index contributed by atoms with van der Waals surface area (Å²) in [6.45, 7) is 2.53. The van der Waals surface area contributed by atoms with E-state index in [1.807, 2.05) is 6.92 Å². The lowest BCUT2D eigenvalue weighted by atomic mass is 9.53. The van der Waals surface area contributed by atoms with Crippen molar-refractivity contribution in [2.24, 2.45) is 22.7 Å². The molecule has 0 aromatic heterocycles. The number of unbranched alkanes of at least 4 members (excludes halogenated alkanes) is 1. The largest absolute Gasteiger partial charge is 0.480 e. The highest BCUT2D eigenvalue weighted by molar-refractivity contribution is 5.94. The monoisotopic (exact) mass is 526 g/mol. The fourth-order valence-electron chi connectivity index (χ4n) is 8.57. The van der Waals surface area contributed by atoms with E-state index in [9.17, 15) is 29.4 Å². The van der Waals surface area contributed by atoms with Crippen LogP contribution >= 0.6 is 0 Å². The topological polar surface area (TPSA) is 184 Å². The Morgan fingerprint density at radius 1 is 1.14 bits per heavy atom. The molecule has 3 N–H and O–H groups in total. The zero-order valence-corrected chi connectivity index (χ0v) is 20.4. The van der Waals surface area contributed by atoms with Gasteiger partial charge >= 0.3 is 23.9 Å². The number of fused-ring (bicyclic) bond motifs is 1. The van der Waals surface area contributed by atoms with Crippen molar-refractivity contribution in [1.82, 2.24) is 0 Å². The van der Waals surface area contributed by atoms with Crippen molar-refractivity contribution >= 4 is 23.9 Å². The zero-order valence-electron chi connectivity index (χ0n) is 20.4. The minimum atomic E-state index is -2.27. The highest BCUT2D eigenvalue weighted by atomic mass is 16.8. The maximum atomic E-state index is 13.6. The second-order valence-electron chi connectivity index (χ2n) is 10.9. The number of hydrogen-bond donors (Lipinski definition) is 3. The first-order valence-corrected chi connectivity index (χ1v) is 12.7. The van der Waals surface area contributed by atoms with E-state index in [2.05, 4.69) is 0 Å². The molecular weight excluding hydrogens is 496 g/mol. The summed E-state index contributed by atoms with van der Waals surface area (Å²) in [5, 5.41) is 32.8. The predicted molar refractivity (Wildman–Crippen MR) is 114 cm³/mol. The highest BCUT2D eigenvalue weighted by Crippen LogP contribution is 2.83. The first kappa shape index (κ1) is 25.0. The number of carbonyl (C=O) groups excluding carboxylic acids is 3. The number of aliphatic carboxylic acids is 1. The fraction of sp³-hybridized carbons (Fsp3) is 0.833. The van der Waals surface area contributed by atoms with Crippen LogP contribution in [0.15, 0.2) is 0 Å². The van der Waals surface area contributed by atoms with E-state index in [1.165, 1.54) is 6.92 Å². The normalized spacial score (nSPS) is 50.4. The molecule has 204 valence electrons. The number of carboxylic acid groups (broad SMARTS) is 1. The third-order valence-corrected chi connectivity index (χ3v) is 9.71. The van der Waals surface area contributed by atoms with Gasteiger partial charge in [0.05, 0.1) is 30.0 Å². The van der Waals surface area contributed by atoms with Crippen molar-refractivity contribution in [3.8, 4) is 0 Å². The molecule has 13 heteroatoms. The summed E-state index contributed by atoms with van der Waals surface area (Å²) < 4.78 is 34.2. The number of ether oxygens (including phenoxy) is 6. The third kappa shape index (κ3) is 2.44. The lowest BCUT2D eigenvalue weighted by molar-refractivity contribution is -0.239. The van der Waals surface area contributed by atoms with Gasteiger partial charge in [-0.25, -0.2) is 14.4 Å². The molecule has 13 nitrogen and oxygen atoms in total. The number of carbonyl (C=O) groups is 4. The zero-order chi connectivity index (χ0) is 26.5. The summed E-state index contributed by atoms with van der Waals surface area (Å²) in [4.78, 5) is 50.2. The molecule has 0 radical (unpaired) electrons. The SMILES string of the molecule is CCCC[C@@H]1CC2OC(=O)[C@@]34O[C@H]5OC(=O)[C@@H](OCCOCC(=O)O)C15C23[C@H](O)C1OC(=O)C(C)[C@]14O. The number of aliphatic hydroxyl groups excluding tert-OH is 1. The van der Waals surface area contributed by atoms with Gasteiger partial charge in [0.15, 0.2) is 17.8 Å². The van der Waals surface area contributed by atoms with Crippen LogP contribution in [0, 0.1) is 22.7 Å². The minimum Gasteiger partial charge on any atom is -0.480 e. The van der Waals surface area contributed by atoms with Gasteiger partial charge in [0.1, 0.15) is 18.8 Å². The number of hydrogen-bond acceptors (Lipinski definition) is 12. The Balaban J connectivity index is 1.49. The molecule has 11 atom stereocenters. The van der Waals surface area contributed by atoms with E-state index in [4.69, 9.17) is 33.5 Å². The van der Waals surface area contributed by atoms with Gasteiger partial charge in [0.2, 0.25) is 11.9 Å². The van der Waals surface area contributed by atoms with E-state index in [0.29, 0.717) is 6.42 Å². The summed E-state index contributed by atoms with van der Waals surface area (Å²) in [5.74, 6) is -5.27. The summed E-state index contributed by atoms with van der Waals surface area (Å²) >= 11 is 0. The number of rotatable bonds is 9. The van der Waals surface area contributed by atoms with Crippen molar-refractivity contribution in [2.45, 2.75) is 81.4 Å². The van der Waals surface area contributed by atoms with Gasteiger partial charge in [-0.05, 0) is 25.7 Å². The summed E-state index contributed by atoms with van der Waals surface area (Å²) in [6.07, 6.45) is -4.34. The molecule has 0 amide bonds. The fourth-order valence-corrected chi connectivity index (χ4v) is 8.57. The highest BCUT2D eigenvalue weighted by Gasteiger charge is 3.03. The second-order valence-corrected chi connectivity index (χ2v) is 10.9. The van der Waals surface area contributed by atoms with Gasteiger partial charge in [-0.3, -0.25) is 4.79 Å². The van der Waals surface area contributed by atoms with Crippen LogP contribution in [-0.4, -0.2) is 101 Å². The van der Waals surface area contributed by atoms with Crippen molar-refractivity contribution < 1.29 is 62.9 Å². The quantitative estimate of drug-likeness (QED) is 0.187. The van der Waals surface area contributed by atoms with E-state index in [0.717, 1.165) is 12.8 Å². The van der Waals surface area contributed by atoms with Crippen LogP contribution in [-0.2, 0) is 47.6 Å². The minimum absolute atomic E-state index is 0.141. The van der Waals surface area contributed by atoms with Gasteiger partial charge < -0.3 is 43.7 Å². The van der Waals surface area contributed by atoms with Crippen LogP contribution in [0.5, 0.6) is 0 Å². The summed E-state index contributed by atoms with van der Waals surface area (Å²) in [6, 6.07) is 0. The van der Waals surface area contributed by atoms with E-state index >= 15 is 0 Å². The van der Waals surface area contributed by atoms with Crippen LogP contribution in [0.1, 0.15) is 39.5 Å². The Kier molecular flexibility index (Phi) is 5.30. The van der Waals surface area contributed by atoms with Crippen LogP contribution in [0.4, 0.5) is 0 Å². The van der Waals surface area contributed by atoms with Crippen LogP contribution < -0.4 is 0 Å². The van der Waals surface area contributed by atoms with Gasteiger partial charge in [-0.1, -0.05) is 19.8 Å². The molecule has 37 heavy (non-hydrogen) atoms. The lowest BCUT2D eigenvalue weighted by Crippen LogP contribution is -2.67. The number of carboxylic acids is 1. The summed E-state index contributed by atoms with van der Waals surface area (Å²) in [5.41, 5.74) is -7.65. The molecule has 2 aliphatic carbocycles. The van der Waals surface area contributed by atoms with Crippen LogP contribution in [0.2, 0.25) is 0 Å². The van der Waals surface area contributed by atoms with Gasteiger partial charge in [0.25, 0.3) is 0 Å². The number of aliphatic hydroxyl groups is 2. The van der Waals surface area contributed by atoms with E-state index in [1.54, 1.807) is 0 Å². The Hall–Kier alpha value is -2.32. The number of esters is 3. The molecule has 2 saturated carbocycles. The molecule has 6 fully saturated rings. The van der Waals surface area contributed by atoms with Crippen molar-refractivity contribution in [2.75, 3.05) is 19.8 Å².